The van der Waals surface area contributed by atoms with E-state index in [2.05, 4.69) is 0 Å². The van der Waals surface area contributed by atoms with Crippen molar-refractivity contribution in [3.05, 3.63) is 64.7 Å². The predicted molar refractivity (Wildman–Crippen MR) is 73.1 cm³/mol. The van der Waals surface area contributed by atoms with Crippen LogP contribution in [-0.2, 0) is 0 Å². The molecule has 2 aromatic rings. The van der Waals surface area contributed by atoms with Crippen molar-refractivity contribution in [2.75, 3.05) is 6.61 Å². The number of benzene rings is 2. The molecule has 2 nitrogen and oxygen atoms in total. The van der Waals surface area contributed by atoms with E-state index in [0.29, 0.717) is 5.02 Å². The van der Waals surface area contributed by atoms with Crippen LogP contribution in [0.4, 0.5) is 0 Å². The summed E-state index contributed by atoms with van der Waals surface area (Å²) in [6.45, 7) is 2.14. The van der Waals surface area contributed by atoms with E-state index in [0.717, 1.165) is 16.9 Å². The summed E-state index contributed by atoms with van der Waals surface area (Å²) < 4.78 is 5.50. The number of aryl methyl sites for hydroxylation is 1. The van der Waals surface area contributed by atoms with Crippen LogP contribution >= 0.6 is 11.6 Å². The number of para-hydroxylation sites is 1. The van der Waals surface area contributed by atoms with Crippen LogP contribution in [0.2, 0.25) is 5.02 Å². The molecule has 0 radical (unpaired) electrons. The molecule has 0 saturated carbocycles. The molecule has 2 rings (SSSR count). The first-order valence-electron chi connectivity index (χ1n) is 5.79. The number of rotatable bonds is 4. The molecule has 0 heterocycles. The second-order valence-corrected chi connectivity index (χ2v) is 4.56. The van der Waals surface area contributed by atoms with Crippen molar-refractivity contribution in [2.45, 2.75) is 13.0 Å². The van der Waals surface area contributed by atoms with Crippen LogP contribution in [0.3, 0.4) is 0 Å². The molecule has 1 N–H and O–H groups in total. The highest BCUT2D eigenvalue weighted by Gasteiger charge is 2.09. The fraction of sp³-hybridized carbons (Fsp3) is 0.200. The molecule has 0 aliphatic heterocycles. The Hall–Kier alpha value is -1.51. The lowest BCUT2D eigenvalue weighted by Crippen LogP contribution is -2.09. The fourth-order valence-electron chi connectivity index (χ4n) is 1.60. The van der Waals surface area contributed by atoms with Gasteiger partial charge in [-0.3, -0.25) is 0 Å². The zero-order valence-electron chi connectivity index (χ0n) is 10.1. The Balaban J connectivity index is 1.99. The maximum Gasteiger partial charge on any atom is 0.119 e. The predicted octanol–water partition coefficient (Wildman–Crippen LogP) is 3.76. The van der Waals surface area contributed by atoms with Gasteiger partial charge < -0.3 is 9.84 Å². The summed E-state index contributed by atoms with van der Waals surface area (Å²) in [5.41, 5.74) is 1.76. The van der Waals surface area contributed by atoms with Crippen LogP contribution in [0.25, 0.3) is 0 Å². The molecule has 0 bridgehead atoms. The molecule has 0 aromatic heterocycles. The molecule has 18 heavy (non-hydrogen) atoms. The minimum Gasteiger partial charge on any atom is -0.491 e. The second kappa shape index (κ2) is 5.89. The van der Waals surface area contributed by atoms with Crippen LogP contribution < -0.4 is 4.74 Å². The number of hydrogen-bond donors (Lipinski definition) is 1. The SMILES string of the molecule is Cc1ccc(C(O)COc2ccccc2)cc1Cl. The van der Waals surface area contributed by atoms with Crippen molar-refractivity contribution < 1.29 is 9.84 Å². The van der Waals surface area contributed by atoms with Crippen molar-refractivity contribution in [1.29, 1.82) is 0 Å². The smallest absolute Gasteiger partial charge is 0.119 e. The standard InChI is InChI=1S/C15H15ClO2/c1-11-7-8-12(9-14(11)16)15(17)10-18-13-5-3-2-4-6-13/h2-9,15,17H,10H2,1H3. The summed E-state index contributed by atoms with van der Waals surface area (Å²) in [7, 11) is 0. The lowest BCUT2D eigenvalue weighted by atomic mass is 10.1. The highest BCUT2D eigenvalue weighted by molar-refractivity contribution is 6.31. The Bertz CT molecular complexity index is 511. The first kappa shape index (κ1) is 12.9. The van der Waals surface area contributed by atoms with Crippen molar-refractivity contribution in [3.8, 4) is 5.75 Å². The molecule has 0 spiro atoms. The average Bonchev–Trinajstić information content (AvgIpc) is 2.40. The van der Waals surface area contributed by atoms with Gasteiger partial charge in [-0.05, 0) is 36.2 Å². The van der Waals surface area contributed by atoms with Crippen LogP contribution in [0.1, 0.15) is 17.2 Å². The van der Waals surface area contributed by atoms with Crippen molar-refractivity contribution in [2.24, 2.45) is 0 Å². The maximum atomic E-state index is 10.0. The molecule has 94 valence electrons. The van der Waals surface area contributed by atoms with E-state index >= 15 is 0 Å². The van der Waals surface area contributed by atoms with Crippen LogP contribution in [0, 0.1) is 6.92 Å². The molecule has 0 fully saturated rings. The van der Waals surface area contributed by atoms with Gasteiger partial charge in [0.15, 0.2) is 0 Å². The summed E-state index contributed by atoms with van der Waals surface area (Å²) in [5, 5.41) is 10.7. The summed E-state index contributed by atoms with van der Waals surface area (Å²) in [6, 6.07) is 14.9. The lowest BCUT2D eigenvalue weighted by molar-refractivity contribution is 0.108. The molecule has 3 heteroatoms. The minimum atomic E-state index is -0.677. The summed E-state index contributed by atoms with van der Waals surface area (Å²) in [5.74, 6) is 0.745. The Morgan fingerprint density at radius 1 is 1.17 bits per heavy atom. The molecule has 1 atom stereocenters. The quantitative estimate of drug-likeness (QED) is 0.909. The van der Waals surface area contributed by atoms with Gasteiger partial charge in [0, 0.05) is 5.02 Å². The van der Waals surface area contributed by atoms with E-state index in [4.69, 9.17) is 16.3 Å². The van der Waals surface area contributed by atoms with Crippen molar-refractivity contribution >= 4 is 11.6 Å². The Morgan fingerprint density at radius 3 is 2.56 bits per heavy atom. The van der Waals surface area contributed by atoms with Crippen molar-refractivity contribution in [1.82, 2.24) is 0 Å². The monoisotopic (exact) mass is 262 g/mol. The van der Waals surface area contributed by atoms with E-state index in [-0.39, 0.29) is 6.61 Å². The van der Waals surface area contributed by atoms with Gasteiger partial charge in [0.1, 0.15) is 18.5 Å². The fourth-order valence-corrected chi connectivity index (χ4v) is 1.79. The molecule has 0 amide bonds. The highest BCUT2D eigenvalue weighted by Crippen LogP contribution is 2.22. The summed E-state index contributed by atoms with van der Waals surface area (Å²) in [4.78, 5) is 0. The van der Waals surface area contributed by atoms with E-state index in [1.165, 1.54) is 0 Å². The Morgan fingerprint density at radius 2 is 1.89 bits per heavy atom. The van der Waals surface area contributed by atoms with Gasteiger partial charge in [-0.1, -0.05) is 41.9 Å². The molecule has 0 saturated heterocycles. The largest absolute Gasteiger partial charge is 0.491 e. The molecule has 0 aliphatic rings. The lowest BCUT2D eigenvalue weighted by Gasteiger charge is -2.13. The molecule has 0 aliphatic carbocycles. The normalized spacial score (nSPS) is 12.2. The summed E-state index contributed by atoms with van der Waals surface area (Å²) >= 11 is 6.02. The molecular weight excluding hydrogens is 248 g/mol. The summed E-state index contributed by atoms with van der Waals surface area (Å²) in [6.07, 6.45) is -0.677. The minimum absolute atomic E-state index is 0.212. The van der Waals surface area contributed by atoms with Gasteiger partial charge >= 0.3 is 0 Å². The van der Waals surface area contributed by atoms with E-state index in [9.17, 15) is 5.11 Å². The molecule has 2 aromatic carbocycles. The first-order valence-corrected chi connectivity index (χ1v) is 6.16. The molecular formula is C15H15ClO2. The third-order valence-electron chi connectivity index (χ3n) is 2.73. The number of aliphatic hydroxyl groups excluding tert-OH is 1. The zero-order valence-corrected chi connectivity index (χ0v) is 10.9. The molecule has 1 unspecified atom stereocenters. The highest BCUT2D eigenvalue weighted by atomic mass is 35.5. The van der Waals surface area contributed by atoms with E-state index in [1.807, 2.05) is 49.4 Å². The van der Waals surface area contributed by atoms with Crippen LogP contribution in [0.15, 0.2) is 48.5 Å². The number of halogens is 1. The van der Waals surface area contributed by atoms with Gasteiger partial charge in [-0.2, -0.15) is 0 Å². The Kier molecular flexibility index (Phi) is 4.24. The van der Waals surface area contributed by atoms with Crippen LogP contribution in [-0.4, -0.2) is 11.7 Å². The Labute approximate surface area is 112 Å². The van der Waals surface area contributed by atoms with Crippen molar-refractivity contribution in [3.63, 3.8) is 0 Å². The van der Waals surface area contributed by atoms with E-state index in [1.54, 1.807) is 6.07 Å². The van der Waals surface area contributed by atoms with Gasteiger partial charge in [0.2, 0.25) is 0 Å². The second-order valence-electron chi connectivity index (χ2n) is 4.15. The average molecular weight is 263 g/mol. The van der Waals surface area contributed by atoms with Gasteiger partial charge in [-0.15, -0.1) is 0 Å². The first-order chi connectivity index (χ1) is 8.66. The number of aliphatic hydroxyl groups is 1. The van der Waals surface area contributed by atoms with Gasteiger partial charge in [0.05, 0.1) is 0 Å². The zero-order chi connectivity index (χ0) is 13.0. The topological polar surface area (TPSA) is 29.5 Å². The van der Waals surface area contributed by atoms with Gasteiger partial charge in [0.25, 0.3) is 0 Å². The van der Waals surface area contributed by atoms with Crippen LogP contribution in [0.5, 0.6) is 5.75 Å². The number of ether oxygens (including phenoxy) is 1. The third-order valence-corrected chi connectivity index (χ3v) is 3.14. The third kappa shape index (κ3) is 3.25. The number of hydrogen-bond acceptors (Lipinski definition) is 2. The van der Waals surface area contributed by atoms with E-state index < -0.39 is 6.10 Å². The van der Waals surface area contributed by atoms with Gasteiger partial charge in [-0.25, -0.2) is 0 Å². The maximum absolute atomic E-state index is 10.0.